The highest BCUT2D eigenvalue weighted by Gasteiger charge is 2.37. The Morgan fingerprint density at radius 2 is 1.90 bits per heavy atom. The van der Waals surface area contributed by atoms with Crippen molar-refractivity contribution in [3.8, 4) is 0 Å². The topological polar surface area (TPSA) is 49.4 Å². The van der Waals surface area contributed by atoms with Crippen LogP contribution in [-0.2, 0) is 9.59 Å². The number of hydrogen-bond donors (Lipinski definition) is 1. The van der Waals surface area contributed by atoms with Crippen molar-refractivity contribution >= 4 is 11.8 Å². The number of nitrogens with zero attached hydrogens (tertiary/aromatic N) is 1. The van der Waals surface area contributed by atoms with Gasteiger partial charge < -0.3 is 10.2 Å². The average Bonchev–Trinajstić information content (AvgIpc) is 2.53. The number of unbranched alkanes of at least 4 members (excludes halogenated alkanes) is 1. The van der Waals surface area contributed by atoms with E-state index < -0.39 is 0 Å². The van der Waals surface area contributed by atoms with Crippen molar-refractivity contribution in [3.63, 3.8) is 0 Å². The summed E-state index contributed by atoms with van der Waals surface area (Å²) in [6.07, 6.45) is 7.54. The highest BCUT2D eigenvalue weighted by atomic mass is 16.2. The Hall–Kier alpha value is -1.32. The zero-order valence-electron chi connectivity index (χ0n) is 13.6. The van der Waals surface area contributed by atoms with Gasteiger partial charge in [-0.2, -0.15) is 0 Å². The lowest BCUT2D eigenvalue weighted by atomic mass is 9.77. The summed E-state index contributed by atoms with van der Waals surface area (Å²) in [5, 5.41) is 2.86. The van der Waals surface area contributed by atoms with Gasteiger partial charge in [0.15, 0.2) is 0 Å². The summed E-state index contributed by atoms with van der Waals surface area (Å²) >= 11 is 0. The zero-order valence-corrected chi connectivity index (χ0v) is 13.6. The van der Waals surface area contributed by atoms with Crippen LogP contribution in [-0.4, -0.2) is 36.3 Å². The van der Waals surface area contributed by atoms with Crippen LogP contribution in [0.3, 0.4) is 0 Å². The van der Waals surface area contributed by atoms with Crippen molar-refractivity contribution in [2.24, 2.45) is 11.8 Å². The molecule has 2 amide bonds. The molecule has 2 atom stereocenters. The maximum absolute atomic E-state index is 12.7. The summed E-state index contributed by atoms with van der Waals surface area (Å²) in [5.74, 6) is -0.119. The quantitative estimate of drug-likeness (QED) is 0.700. The largest absolute Gasteiger partial charge is 0.352 e. The fraction of sp³-hybridized carbons (Fsp3) is 0.765. The molecule has 0 aromatic carbocycles. The first-order chi connectivity index (χ1) is 10.2. The van der Waals surface area contributed by atoms with Gasteiger partial charge in [-0.05, 0) is 26.2 Å². The van der Waals surface area contributed by atoms with Crippen molar-refractivity contribution < 1.29 is 9.59 Å². The third kappa shape index (κ3) is 5.18. The maximum Gasteiger partial charge on any atom is 0.226 e. The van der Waals surface area contributed by atoms with Gasteiger partial charge >= 0.3 is 0 Å². The lowest BCUT2D eigenvalue weighted by molar-refractivity contribution is -0.143. The maximum atomic E-state index is 12.7. The second-order valence-electron chi connectivity index (χ2n) is 5.80. The highest BCUT2D eigenvalue weighted by Crippen LogP contribution is 2.31. The SMILES string of the molecule is C=CCNC(=O)[C@H]1CCCC[C@H]1C(=O)N(CC)CCCC. The minimum absolute atomic E-state index is 0.0134. The summed E-state index contributed by atoms with van der Waals surface area (Å²) in [5.41, 5.74) is 0. The van der Waals surface area contributed by atoms with E-state index in [9.17, 15) is 9.59 Å². The van der Waals surface area contributed by atoms with E-state index in [0.29, 0.717) is 6.54 Å². The van der Waals surface area contributed by atoms with Crippen molar-refractivity contribution in [1.82, 2.24) is 10.2 Å². The first-order valence-electron chi connectivity index (χ1n) is 8.33. The van der Waals surface area contributed by atoms with Crippen LogP contribution < -0.4 is 5.32 Å². The van der Waals surface area contributed by atoms with Crippen LogP contribution in [0.4, 0.5) is 0 Å². The summed E-state index contributed by atoms with van der Waals surface area (Å²) in [4.78, 5) is 26.9. The fourth-order valence-electron chi connectivity index (χ4n) is 3.05. The van der Waals surface area contributed by atoms with E-state index >= 15 is 0 Å². The monoisotopic (exact) mass is 294 g/mol. The normalized spacial score (nSPS) is 21.6. The molecule has 0 heterocycles. The predicted octanol–water partition coefficient (Wildman–Crippen LogP) is 2.74. The van der Waals surface area contributed by atoms with E-state index in [0.717, 1.165) is 51.6 Å². The van der Waals surface area contributed by atoms with E-state index in [4.69, 9.17) is 0 Å². The summed E-state index contributed by atoms with van der Waals surface area (Å²) in [6.45, 7) is 9.78. The Bertz CT molecular complexity index is 355. The van der Waals surface area contributed by atoms with Gasteiger partial charge in [0.2, 0.25) is 11.8 Å². The molecule has 1 N–H and O–H groups in total. The molecule has 0 unspecified atom stereocenters. The summed E-state index contributed by atoms with van der Waals surface area (Å²) < 4.78 is 0. The number of carbonyl (C=O) groups excluding carboxylic acids is 2. The third-order valence-corrected chi connectivity index (χ3v) is 4.32. The standard InChI is InChI=1S/C17H30N2O2/c1-4-7-13-19(6-3)17(21)15-11-9-8-10-14(15)16(20)18-12-5-2/h5,14-15H,2,4,6-13H2,1,3H3,(H,18,20)/t14-,15+/m0/s1. The van der Waals surface area contributed by atoms with E-state index in [1.165, 1.54) is 0 Å². The number of nitrogens with one attached hydrogen (secondary N) is 1. The molecule has 0 aromatic rings. The Labute approximate surface area is 129 Å². The first kappa shape index (κ1) is 17.7. The molecule has 120 valence electrons. The molecule has 0 saturated heterocycles. The van der Waals surface area contributed by atoms with Gasteiger partial charge in [0.25, 0.3) is 0 Å². The molecule has 0 aromatic heterocycles. The van der Waals surface area contributed by atoms with Crippen molar-refractivity contribution in [3.05, 3.63) is 12.7 Å². The molecule has 1 aliphatic carbocycles. The molecule has 0 aliphatic heterocycles. The first-order valence-corrected chi connectivity index (χ1v) is 8.33. The molecule has 21 heavy (non-hydrogen) atoms. The minimum Gasteiger partial charge on any atom is -0.352 e. The van der Waals surface area contributed by atoms with Crippen LogP contribution in [0.5, 0.6) is 0 Å². The highest BCUT2D eigenvalue weighted by molar-refractivity contribution is 5.88. The summed E-state index contributed by atoms with van der Waals surface area (Å²) in [7, 11) is 0. The molecular weight excluding hydrogens is 264 g/mol. The number of carbonyl (C=O) groups is 2. The van der Waals surface area contributed by atoms with E-state index in [1.807, 2.05) is 11.8 Å². The van der Waals surface area contributed by atoms with Gasteiger partial charge in [0, 0.05) is 31.5 Å². The number of amides is 2. The van der Waals surface area contributed by atoms with Gasteiger partial charge in [0.05, 0.1) is 0 Å². The number of hydrogen-bond acceptors (Lipinski definition) is 2. The predicted molar refractivity (Wildman–Crippen MR) is 85.8 cm³/mol. The van der Waals surface area contributed by atoms with E-state index in [2.05, 4.69) is 18.8 Å². The third-order valence-electron chi connectivity index (χ3n) is 4.32. The Morgan fingerprint density at radius 3 is 2.48 bits per heavy atom. The van der Waals surface area contributed by atoms with Gasteiger partial charge in [-0.1, -0.05) is 32.3 Å². The molecule has 0 bridgehead atoms. The lowest BCUT2D eigenvalue weighted by Gasteiger charge is -2.33. The second kappa shape index (κ2) is 9.59. The molecule has 4 heteroatoms. The second-order valence-corrected chi connectivity index (χ2v) is 5.80. The summed E-state index contributed by atoms with van der Waals surface area (Å²) in [6, 6.07) is 0. The van der Waals surface area contributed by atoms with Gasteiger partial charge in [-0.3, -0.25) is 9.59 Å². The zero-order chi connectivity index (χ0) is 15.7. The van der Waals surface area contributed by atoms with Crippen LogP contribution in [0.15, 0.2) is 12.7 Å². The molecular formula is C17H30N2O2. The Kier molecular flexibility index (Phi) is 8.09. The average molecular weight is 294 g/mol. The smallest absolute Gasteiger partial charge is 0.226 e. The fourth-order valence-corrected chi connectivity index (χ4v) is 3.05. The van der Waals surface area contributed by atoms with Gasteiger partial charge in [0.1, 0.15) is 0 Å². The van der Waals surface area contributed by atoms with Crippen LogP contribution in [0, 0.1) is 11.8 Å². The van der Waals surface area contributed by atoms with Crippen molar-refractivity contribution in [2.75, 3.05) is 19.6 Å². The Morgan fingerprint density at radius 1 is 1.24 bits per heavy atom. The molecule has 0 spiro atoms. The van der Waals surface area contributed by atoms with Crippen LogP contribution in [0.2, 0.25) is 0 Å². The van der Waals surface area contributed by atoms with Crippen molar-refractivity contribution in [1.29, 1.82) is 0 Å². The molecule has 1 fully saturated rings. The molecule has 1 rings (SSSR count). The molecule has 4 nitrogen and oxygen atoms in total. The van der Waals surface area contributed by atoms with E-state index in [1.54, 1.807) is 6.08 Å². The van der Waals surface area contributed by atoms with Gasteiger partial charge in [-0.15, -0.1) is 6.58 Å². The lowest BCUT2D eigenvalue weighted by Crippen LogP contribution is -2.45. The number of rotatable bonds is 8. The Balaban J connectivity index is 2.72. The van der Waals surface area contributed by atoms with Crippen LogP contribution in [0.25, 0.3) is 0 Å². The van der Waals surface area contributed by atoms with Crippen LogP contribution in [0.1, 0.15) is 52.4 Å². The van der Waals surface area contributed by atoms with Crippen molar-refractivity contribution in [2.45, 2.75) is 52.4 Å². The molecule has 1 saturated carbocycles. The minimum atomic E-state index is -0.165. The van der Waals surface area contributed by atoms with Crippen LogP contribution >= 0.6 is 0 Å². The van der Waals surface area contributed by atoms with E-state index in [-0.39, 0.29) is 23.7 Å². The molecule has 1 aliphatic rings. The molecule has 0 radical (unpaired) electrons. The van der Waals surface area contributed by atoms with Gasteiger partial charge in [-0.25, -0.2) is 0 Å².